The Balaban J connectivity index is 1.58. The normalized spacial score (nSPS) is 12.1. The summed E-state index contributed by atoms with van der Waals surface area (Å²) in [6, 6.07) is 38.2. The Morgan fingerprint density at radius 1 is 0.569 bits per heavy atom. The van der Waals surface area contributed by atoms with Gasteiger partial charge in [-0.15, -0.1) is 0 Å². The molecule has 0 aliphatic carbocycles. The molecular weight excluding hydrogens is 623 g/mol. The number of phenolic OH excluding ortho intramolecular Hbond substituents is 1. The van der Waals surface area contributed by atoms with Gasteiger partial charge in [0.2, 0.25) is 0 Å². The van der Waals surface area contributed by atoms with Gasteiger partial charge < -0.3 is 5.11 Å². The summed E-state index contributed by atoms with van der Waals surface area (Å²) in [6.45, 7) is 20.1. The number of nitrogens with zero attached hydrogens (tertiary/aromatic N) is 3. The van der Waals surface area contributed by atoms with E-state index in [0.717, 1.165) is 67.2 Å². The second-order valence-electron chi connectivity index (χ2n) is 16.0. The first-order valence-electron chi connectivity index (χ1n) is 17.8. The SMILES string of the molecule is Cc1cc(C)c(-n2c(-c3ccccc3O)nc3c(-c4cc(-c5cc(-c6ccccc6)ccn5)cc(C(C)(C)C)c4)cc(C(C)(C)C)cc32)c(C)c1. The number of imidazole rings is 1. The maximum absolute atomic E-state index is 11.2. The quantitative estimate of drug-likeness (QED) is 0.198. The van der Waals surface area contributed by atoms with Gasteiger partial charge in [-0.1, -0.05) is 108 Å². The third-order valence-corrected chi connectivity index (χ3v) is 9.90. The van der Waals surface area contributed by atoms with E-state index in [1.165, 1.54) is 16.7 Å². The molecule has 0 fully saturated rings. The predicted octanol–water partition coefficient (Wildman–Crippen LogP) is 12.3. The van der Waals surface area contributed by atoms with Gasteiger partial charge in [-0.2, -0.15) is 0 Å². The number of aryl methyl sites for hydroxylation is 3. The molecule has 256 valence electrons. The van der Waals surface area contributed by atoms with E-state index < -0.39 is 0 Å². The summed E-state index contributed by atoms with van der Waals surface area (Å²) in [6.07, 6.45) is 1.91. The number of aromatic hydroxyl groups is 1. The smallest absolute Gasteiger partial charge is 0.149 e. The summed E-state index contributed by atoms with van der Waals surface area (Å²) in [7, 11) is 0. The molecule has 7 rings (SSSR count). The summed E-state index contributed by atoms with van der Waals surface area (Å²) in [4.78, 5) is 10.4. The van der Waals surface area contributed by atoms with Gasteiger partial charge in [0.25, 0.3) is 0 Å². The molecule has 4 heteroatoms. The van der Waals surface area contributed by atoms with E-state index in [2.05, 4.69) is 146 Å². The van der Waals surface area contributed by atoms with Crippen LogP contribution in [0, 0.1) is 20.8 Å². The number of para-hydroxylation sites is 1. The van der Waals surface area contributed by atoms with Crippen molar-refractivity contribution in [2.45, 2.75) is 73.1 Å². The van der Waals surface area contributed by atoms with E-state index in [9.17, 15) is 5.11 Å². The highest BCUT2D eigenvalue weighted by Crippen LogP contribution is 2.43. The minimum absolute atomic E-state index is 0.112. The summed E-state index contributed by atoms with van der Waals surface area (Å²) >= 11 is 0. The van der Waals surface area contributed by atoms with Crippen LogP contribution in [-0.2, 0) is 10.8 Å². The summed E-state index contributed by atoms with van der Waals surface area (Å²) in [5.41, 5.74) is 15.8. The largest absolute Gasteiger partial charge is 0.507 e. The van der Waals surface area contributed by atoms with Crippen molar-refractivity contribution >= 4 is 11.0 Å². The van der Waals surface area contributed by atoms with Gasteiger partial charge in [-0.3, -0.25) is 9.55 Å². The fourth-order valence-electron chi connectivity index (χ4n) is 7.19. The molecule has 0 amide bonds. The molecule has 2 heterocycles. The third kappa shape index (κ3) is 6.47. The van der Waals surface area contributed by atoms with E-state index in [1.807, 2.05) is 30.5 Å². The van der Waals surface area contributed by atoms with Crippen molar-refractivity contribution < 1.29 is 5.11 Å². The van der Waals surface area contributed by atoms with Gasteiger partial charge in [0.15, 0.2) is 0 Å². The standard InChI is InChI=1S/C47H47N3O/c1-29-21-30(2)44(31(3)22-29)50-41-28-37(47(7,8)9)27-39(43(41)49-45(50)38-17-13-14-18-42(38)51)34-23-35(25-36(24-34)46(4,5)6)40-26-33(19-20-48-40)32-15-11-10-12-16-32/h10-28,51H,1-9H3. The third-order valence-electron chi connectivity index (χ3n) is 9.90. The van der Waals surface area contributed by atoms with Crippen molar-refractivity contribution in [2.75, 3.05) is 0 Å². The van der Waals surface area contributed by atoms with E-state index in [1.54, 1.807) is 6.07 Å². The zero-order valence-electron chi connectivity index (χ0n) is 31.3. The lowest BCUT2D eigenvalue weighted by Crippen LogP contribution is -2.13. The van der Waals surface area contributed by atoms with E-state index >= 15 is 0 Å². The van der Waals surface area contributed by atoms with Crippen molar-refractivity contribution in [2.24, 2.45) is 0 Å². The number of pyridine rings is 1. The fourth-order valence-corrected chi connectivity index (χ4v) is 7.19. The van der Waals surface area contributed by atoms with Crippen LogP contribution in [0.15, 0.2) is 115 Å². The highest BCUT2D eigenvalue weighted by Gasteiger charge is 2.26. The maximum atomic E-state index is 11.2. The second-order valence-corrected chi connectivity index (χ2v) is 16.0. The Hall–Kier alpha value is -5.48. The highest BCUT2D eigenvalue weighted by atomic mass is 16.3. The Morgan fingerprint density at radius 2 is 1.20 bits per heavy atom. The first-order valence-corrected chi connectivity index (χ1v) is 17.8. The lowest BCUT2D eigenvalue weighted by atomic mass is 9.81. The number of rotatable bonds is 5. The number of benzene rings is 5. The molecule has 51 heavy (non-hydrogen) atoms. The molecule has 0 unspecified atom stereocenters. The molecule has 2 aromatic heterocycles. The molecule has 4 nitrogen and oxygen atoms in total. The summed E-state index contributed by atoms with van der Waals surface area (Å²) in [5, 5.41) is 11.2. The minimum atomic E-state index is -0.138. The van der Waals surface area contributed by atoms with Crippen molar-refractivity contribution in [3.05, 3.63) is 143 Å². The number of hydrogen-bond acceptors (Lipinski definition) is 3. The lowest BCUT2D eigenvalue weighted by Gasteiger charge is -2.24. The summed E-state index contributed by atoms with van der Waals surface area (Å²) in [5.74, 6) is 0.922. The molecule has 0 spiro atoms. The van der Waals surface area contributed by atoms with E-state index in [0.29, 0.717) is 5.56 Å². The molecule has 7 aromatic rings. The number of fused-ring (bicyclic) bond motifs is 1. The van der Waals surface area contributed by atoms with Crippen LogP contribution in [0.25, 0.3) is 61.6 Å². The number of aromatic nitrogens is 3. The zero-order chi connectivity index (χ0) is 36.2. The van der Waals surface area contributed by atoms with Crippen LogP contribution in [-0.4, -0.2) is 19.6 Å². The van der Waals surface area contributed by atoms with Crippen molar-refractivity contribution in [1.29, 1.82) is 0 Å². The van der Waals surface area contributed by atoms with Gasteiger partial charge >= 0.3 is 0 Å². The molecule has 0 atom stereocenters. The molecule has 0 saturated carbocycles. The Morgan fingerprint density at radius 3 is 1.86 bits per heavy atom. The van der Waals surface area contributed by atoms with E-state index in [-0.39, 0.29) is 16.6 Å². The lowest BCUT2D eigenvalue weighted by molar-refractivity contribution is 0.477. The second kappa shape index (κ2) is 12.7. The van der Waals surface area contributed by atoms with Crippen molar-refractivity contribution in [3.63, 3.8) is 0 Å². The zero-order valence-corrected chi connectivity index (χ0v) is 31.3. The topological polar surface area (TPSA) is 50.9 Å². The molecule has 5 aromatic carbocycles. The number of hydrogen-bond donors (Lipinski definition) is 1. The Kier molecular flexibility index (Phi) is 8.46. The average molecular weight is 670 g/mol. The van der Waals surface area contributed by atoms with Crippen LogP contribution in [0.4, 0.5) is 0 Å². The average Bonchev–Trinajstić information content (AvgIpc) is 3.46. The van der Waals surface area contributed by atoms with Crippen LogP contribution in [0.5, 0.6) is 5.75 Å². The maximum Gasteiger partial charge on any atom is 0.149 e. The fraction of sp³-hybridized carbons (Fsp3) is 0.234. The van der Waals surface area contributed by atoms with Gasteiger partial charge in [0.1, 0.15) is 11.6 Å². The van der Waals surface area contributed by atoms with Crippen LogP contribution < -0.4 is 0 Å². The van der Waals surface area contributed by atoms with Gasteiger partial charge in [0.05, 0.1) is 28.0 Å². The van der Waals surface area contributed by atoms with Crippen molar-refractivity contribution in [3.8, 4) is 56.3 Å². The molecule has 0 saturated heterocycles. The van der Waals surface area contributed by atoms with Crippen molar-refractivity contribution in [1.82, 2.24) is 14.5 Å². The van der Waals surface area contributed by atoms with E-state index in [4.69, 9.17) is 9.97 Å². The van der Waals surface area contributed by atoms with Crippen LogP contribution in [0.1, 0.15) is 69.4 Å². The molecule has 0 aliphatic heterocycles. The molecular formula is C47H47N3O. The monoisotopic (exact) mass is 669 g/mol. The molecule has 0 radical (unpaired) electrons. The molecule has 1 N–H and O–H groups in total. The van der Waals surface area contributed by atoms with Gasteiger partial charge in [0, 0.05) is 17.3 Å². The number of phenols is 1. The van der Waals surface area contributed by atoms with Gasteiger partial charge in [-0.05, 0) is 119 Å². The molecule has 0 aliphatic rings. The Bertz CT molecular complexity index is 2400. The highest BCUT2D eigenvalue weighted by molar-refractivity contribution is 5.98. The van der Waals surface area contributed by atoms with Gasteiger partial charge in [-0.25, -0.2) is 4.98 Å². The first kappa shape index (κ1) is 34.0. The predicted molar refractivity (Wildman–Crippen MR) is 214 cm³/mol. The molecule has 0 bridgehead atoms. The van der Waals surface area contributed by atoms with Crippen LogP contribution in [0.3, 0.4) is 0 Å². The summed E-state index contributed by atoms with van der Waals surface area (Å²) < 4.78 is 2.27. The van der Waals surface area contributed by atoms with Crippen LogP contribution >= 0.6 is 0 Å². The first-order chi connectivity index (χ1) is 24.2. The Labute approximate surface area is 302 Å². The minimum Gasteiger partial charge on any atom is -0.507 e. The van der Waals surface area contributed by atoms with Crippen LogP contribution in [0.2, 0.25) is 0 Å².